The Morgan fingerprint density at radius 3 is 2.48 bits per heavy atom. The van der Waals surface area contributed by atoms with E-state index in [1.165, 1.54) is 15.9 Å². The Hall–Kier alpha value is -3.02. The molecular formula is C36H46N4O3S. The van der Waals surface area contributed by atoms with E-state index >= 15 is 0 Å². The topological polar surface area (TPSA) is 109 Å². The Kier molecular flexibility index (Phi) is 7.41. The van der Waals surface area contributed by atoms with Gasteiger partial charge in [-0.3, -0.25) is 9.69 Å². The molecule has 3 saturated carbocycles. The van der Waals surface area contributed by atoms with Crippen LogP contribution >= 0.6 is 11.8 Å². The SMILES string of the molecule is C/C(=N\NC(=O)/C(C#N)=C1\SC=C(O)N1c1ccccc1)C1CC[C@@]2(C)[C@]3(C)CC=C4C[C@@H](O)CC[C@]4(C)[C@@]3(C)CC[C@]12C. The number of rotatable bonds is 4. The number of nitrogens with one attached hydrogen (secondary N) is 1. The Morgan fingerprint density at radius 2 is 1.77 bits per heavy atom. The van der Waals surface area contributed by atoms with Gasteiger partial charge in [-0.1, -0.05) is 76.2 Å². The molecule has 1 aromatic rings. The van der Waals surface area contributed by atoms with Crippen molar-refractivity contribution in [2.45, 2.75) is 99.0 Å². The van der Waals surface area contributed by atoms with Gasteiger partial charge in [0.15, 0.2) is 0 Å². The molecule has 44 heavy (non-hydrogen) atoms. The molecule has 1 unspecified atom stereocenters. The number of nitriles is 1. The summed E-state index contributed by atoms with van der Waals surface area (Å²) in [4.78, 5) is 14.9. The van der Waals surface area contributed by atoms with Crippen LogP contribution in [0.4, 0.5) is 5.69 Å². The number of nitrogens with zero attached hydrogens (tertiary/aromatic N) is 3. The third kappa shape index (κ3) is 4.04. The fraction of sp³-hybridized carbons (Fsp3) is 0.583. The van der Waals surface area contributed by atoms with Crippen molar-refractivity contribution in [2.24, 2.45) is 38.1 Å². The zero-order chi connectivity index (χ0) is 31.7. The Bertz CT molecular complexity index is 1540. The highest BCUT2D eigenvalue weighted by molar-refractivity contribution is 8.06. The van der Waals surface area contributed by atoms with E-state index in [0.29, 0.717) is 10.7 Å². The molecule has 234 valence electrons. The lowest BCUT2D eigenvalue weighted by Crippen LogP contribution is -2.66. The van der Waals surface area contributed by atoms with Gasteiger partial charge in [-0.2, -0.15) is 10.4 Å². The summed E-state index contributed by atoms with van der Waals surface area (Å²) in [5, 5.41) is 37.6. The number of hydrogen-bond acceptors (Lipinski definition) is 7. The van der Waals surface area contributed by atoms with Crippen LogP contribution in [-0.4, -0.2) is 27.9 Å². The summed E-state index contributed by atoms with van der Waals surface area (Å²) in [6, 6.07) is 11.3. The van der Waals surface area contributed by atoms with Crippen LogP contribution in [0, 0.1) is 44.3 Å². The van der Waals surface area contributed by atoms with Crippen LogP contribution in [0.25, 0.3) is 0 Å². The van der Waals surface area contributed by atoms with E-state index in [2.05, 4.69) is 57.3 Å². The van der Waals surface area contributed by atoms with Gasteiger partial charge in [0.25, 0.3) is 5.91 Å². The monoisotopic (exact) mass is 614 g/mol. The van der Waals surface area contributed by atoms with Crippen molar-refractivity contribution in [2.75, 3.05) is 4.90 Å². The smallest absolute Gasteiger partial charge is 0.284 e. The van der Waals surface area contributed by atoms with Crippen LogP contribution < -0.4 is 10.3 Å². The second kappa shape index (κ2) is 10.5. The summed E-state index contributed by atoms with van der Waals surface area (Å²) in [5.74, 6) is -0.397. The number of aliphatic hydroxyl groups excluding tert-OH is 2. The molecule has 1 heterocycles. The van der Waals surface area contributed by atoms with E-state index in [0.717, 1.165) is 68.8 Å². The largest absolute Gasteiger partial charge is 0.494 e. The second-order valence-corrected chi connectivity index (χ2v) is 15.8. The number of fused-ring (bicyclic) bond motifs is 5. The van der Waals surface area contributed by atoms with Gasteiger partial charge in [0.1, 0.15) is 16.7 Å². The highest BCUT2D eigenvalue weighted by atomic mass is 32.2. The second-order valence-electron chi connectivity index (χ2n) is 14.9. The molecule has 0 saturated heterocycles. The average molecular weight is 615 g/mol. The Labute approximate surface area is 266 Å². The van der Waals surface area contributed by atoms with Crippen molar-refractivity contribution in [1.29, 1.82) is 5.26 Å². The number of carbonyl (C=O) groups excluding carboxylic acids is 1. The Balaban J connectivity index is 1.26. The van der Waals surface area contributed by atoms with Gasteiger partial charge in [0.05, 0.1) is 6.10 Å². The van der Waals surface area contributed by atoms with Crippen molar-refractivity contribution in [3.05, 3.63) is 63.9 Å². The number of anilines is 1. The van der Waals surface area contributed by atoms with Crippen molar-refractivity contribution in [3.63, 3.8) is 0 Å². The molecule has 0 radical (unpaired) electrons. The minimum atomic E-state index is -0.579. The number of hydrogen-bond donors (Lipinski definition) is 3. The fourth-order valence-corrected chi connectivity index (χ4v) is 11.3. The normalized spacial score (nSPS) is 41.0. The highest BCUT2D eigenvalue weighted by Gasteiger charge is 2.73. The first-order valence-corrected chi connectivity index (χ1v) is 16.9. The number of aliphatic hydroxyl groups is 2. The van der Waals surface area contributed by atoms with Crippen LogP contribution in [0.3, 0.4) is 0 Å². The maximum absolute atomic E-state index is 13.4. The standard InChI is InChI=1S/C36H46N4O3S/c1-23(38-39-30(43)27(21-37)31-40(29(42)22-44-31)25-10-8-7-9-11-25)28-14-17-34(4)33(28,3)18-19-35(5)32(2)15-13-26(41)20-24(32)12-16-36(34,35)6/h7-12,22,26,28,41-42H,13-20H2,1-6H3,(H,39,43)/b31-27-,38-23+/t26-,28?,32-,33+,34+,35+,36-/m0/s1. The van der Waals surface area contributed by atoms with E-state index in [9.17, 15) is 20.3 Å². The predicted octanol–water partition coefficient (Wildman–Crippen LogP) is 7.93. The number of hydrazone groups is 1. The minimum Gasteiger partial charge on any atom is -0.494 e. The first-order valence-electron chi connectivity index (χ1n) is 16.0. The molecule has 5 aliphatic rings. The third-order valence-electron chi connectivity index (χ3n) is 13.8. The molecule has 4 aliphatic carbocycles. The summed E-state index contributed by atoms with van der Waals surface area (Å²) in [6.07, 6.45) is 10.4. The Morgan fingerprint density at radius 1 is 1.05 bits per heavy atom. The van der Waals surface area contributed by atoms with E-state index < -0.39 is 5.91 Å². The van der Waals surface area contributed by atoms with Crippen LogP contribution in [0.15, 0.2) is 69.0 Å². The minimum absolute atomic E-state index is 0.00704. The average Bonchev–Trinajstić information content (AvgIpc) is 3.52. The third-order valence-corrected chi connectivity index (χ3v) is 14.7. The van der Waals surface area contributed by atoms with Crippen molar-refractivity contribution >= 4 is 29.1 Å². The molecule has 8 heteroatoms. The number of amides is 1. The van der Waals surface area contributed by atoms with Gasteiger partial charge in [-0.25, -0.2) is 5.43 Å². The van der Waals surface area contributed by atoms with E-state index in [-0.39, 0.29) is 50.6 Å². The van der Waals surface area contributed by atoms with Gasteiger partial charge < -0.3 is 10.2 Å². The van der Waals surface area contributed by atoms with Crippen molar-refractivity contribution in [3.8, 4) is 6.07 Å². The molecule has 0 aromatic heterocycles. The zero-order valence-corrected chi connectivity index (χ0v) is 27.7. The summed E-state index contributed by atoms with van der Waals surface area (Å²) in [5.41, 5.74) is 6.04. The van der Waals surface area contributed by atoms with Crippen LogP contribution in [-0.2, 0) is 4.79 Å². The molecular weight excluding hydrogens is 568 g/mol. The molecule has 0 spiro atoms. The maximum Gasteiger partial charge on any atom is 0.284 e. The summed E-state index contributed by atoms with van der Waals surface area (Å²) in [6.45, 7) is 14.5. The van der Waals surface area contributed by atoms with Crippen LogP contribution in [0.1, 0.15) is 92.9 Å². The lowest BCUT2D eigenvalue weighted by Gasteiger charge is -2.73. The van der Waals surface area contributed by atoms with Crippen molar-refractivity contribution in [1.82, 2.24) is 5.43 Å². The van der Waals surface area contributed by atoms with Crippen LogP contribution in [0.2, 0.25) is 0 Å². The van der Waals surface area contributed by atoms with Gasteiger partial charge in [-0.15, -0.1) is 0 Å². The number of allylic oxidation sites excluding steroid dienone is 1. The molecule has 7 nitrogen and oxygen atoms in total. The predicted molar refractivity (Wildman–Crippen MR) is 176 cm³/mol. The van der Waals surface area contributed by atoms with Gasteiger partial charge >= 0.3 is 0 Å². The van der Waals surface area contributed by atoms with Gasteiger partial charge in [0, 0.05) is 22.7 Å². The molecule has 3 fully saturated rings. The van der Waals surface area contributed by atoms with E-state index in [1.54, 1.807) is 0 Å². The van der Waals surface area contributed by atoms with Gasteiger partial charge in [-0.05, 0) is 97.5 Å². The fourth-order valence-electron chi connectivity index (χ4n) is 10.4. The first kappa shape index (κ1) is 31.0. The molecule has 1 aromatic carbocycles. The molecule has 0 bridgehead atoms. The van der Waals surface area contributed by atoms with E-state index in [4.69, 9.17) is 0 Å². The summed E-state index contributed by atoms with van der Waals surface area (Å²) < 4.78 is 0. The van der Waals surface area contributed by atoms with Gasteiger partial charge in [0.2, 0.25) is 5.88 Å². The molecule has 7 atom stereocenters. The van der Waals surface area contributed by atoms with Crippen molar-refractivity contribution < 1.29 is 15.0 Å². The molecule has 3 N–H and O–H groups in total. The maximum atomic E-state index is 13.4. The molecule has 1 amide bonds. The lowest BCUT2D eigenvalue weighted by atomic mass is 9.31. The number of carbonyl (C=O) groups is 1. The highest BCUT2D eigenvalue weighted by Crippen LogP contribution is 2.80. The number of benzene rings is 1. The summed E-state index contributed by atoms with van der Waals surface area (Å²) in [7, 11) is 0. The number of para-hydroxylation sites is 1. The lowest BCUT2D eigenvalue weighted by molar-refractivity contribution is -0.216. The summed E-state index contributed by atoms with van der Waals surface area (Å²) >= 11 is 1.15. The van der Waals surface area contributed by atoms with E-state index in [1.807, 2.05) is 37.3 Å². The molecule has 6 rings (SSSR count). The molecule has 1 aliphatic heterocycles. The quantitative estimate of drug-likeness (QED) is 0.104. The first-order chi connectivity index (χ1) is 20.8. The number of thioether (sulfide) groups is 1. The zero-order valence-electron chi connectivity index (χ0n) is 26.9. The van der Waals surface area contributed by atoms with Crippen LogP contribution in [0.5, 0.6) is 0 Å².